The molecule has 0 aliphatic heterocycles. The Balaban J connectivity index is 3.83. The summed E-state index contributed by atoms with van der Waals surface area (Å²) in [6.45, 7) is 7.35. The summed E-state index contributed by atoms with van der Waals surface area (Å²) < 4.78 is 11.4. The van der Waals surface area contributed by atoms with Gasteiger partial charge in [0.2, 0.25) is 0 Å². The lowest BCUT2D eigenvalue weighted by molar-refractivity contribution is -0.267. The molecule has 0 fully saturated rings. The second-order valence-corrected chi connectivity index (χ2v) is 6.42. The third-order valence-corrected chi connectivity index (χ3v) is 4.01. The molecule has 0 amide bonds. The molecule has 0 atom stereocenters. The van der Waals surface area contributed by atoms with E-state index in [1.54, 1.807) is 14.2 Å². The maximum Gasteiger partial charge on any atom is 0.172 e. The zero-order valence-corrected chi connectivity index (χ0v) is 13.8. The highest BCUT2D eigenvalue weighted by Gasteiger charge is 2.41. The van der Waals surface area contributed by atoms with Gasteiger partial charge in [0.25, 0.3) is 0 Å². The molecule has 19 heavy (non-hydrogen) atoms. The largest absolute Gasteiger partial charge is 0.353 e. The highest BCUT2D eigenvalue weighted by Crippen LogP contribution is 2.38. The Morgan fingerprint density at radius 3 is 1.53 bits per heavy atom. The molecule has 0 aromatic heterocycles. The van der Waals surface area contributed by atoms with Crippen LogP contribution in [0.4, 0.5) is 0 Å². The van der Waals surface area contributed by atoms with E-state index in [-0.39, 0.29) is 5.41 Å². The fourth-order valence-electron chi connectivity index (χ4n) is 2.66. The average molecular weight is 273 g/mol. The Bertz CT molecular complexity index is 207. The van der Waals surface area contributed by atoms with Gasteiger partial charge in [-0.15, -0.1) is 0 Å². The molecule has 0 unspecified atom stereocenters. The molecule has 116 valence electrons. The van der Waals surface area contributed by atoms with E-state index in [2.05, 4.69) is 20.8 Å². The first-order valence-corrected chi connectivity index (χ1v) is 7.74. The summed E-state index contributed by atoms with van der Waals surface area (Å²) in [5, 5.41) is 0. The molecule has 3 nitrogen and oxygen atoms in total. The number of ether oxygens (including phenoxy) is 2. The second-order valence-electron chi connectivity index (χ2n) is 6.42. The van der Waals surface area contributed by atoms with Gasteiger partial charge in [-0.3, -0.25) is 0 Å². The summed E-state index contributed by atoms with van der Waals surface area (Å²) in [6.07, 6.45) is 9.77. The standard InChI is InChI=1S/C16H35NO2/c1-15(2,3)16(18-4,19-5)13-11-9-7-6-8-10-12-14-17/h6-14,17H2,1-5H3. The maximum atomic E-state index is 5.68. The van der Waals surface area contributed by atoms with Crippen molar-refractivity contribution in [2.24, 2.45) is 11.1 Å². The van der Waals surface area contributed by atoms with E-state index in [1.807, 2.05) is 0 Å². The Labute approximate surface area is 120 Å². The molecule has 0 saturated heterocycles. The number of hydrogen-bond donors (Lipinski definition) is 1. The number of methoxy groups -OCH3 is 2. The van der Waals surface area contributed by atoms with Crippen LogP contribution in [0.25, 0.3) is 0 Å². The van der Waals surface area contributed by atoms with Crippen LogP contribution in [-0.2, 0) is 9.47 Å². The molecular formula is C16H35NO2. The molecule has 0 aromatic carbocycles. The van der Waals surface area contributed by atoms with Crippen molar-refractivity contribution in [3.63, 3.8) is 0 Å². The van der Waals surface area contributed by atoms with Gasteiger partial charge in [-0.2, -0.15) is 0 Å². The third-order valence-electron chi connectivity index (χ3n) is 4.01. The summed E-state index contributed by atoms with van der Waals surface area (Å²) in [5.41, 5.74) is 5.48. The average Bonchev–Trinajstić information content (AvgIpc) is 2.36. The molecule has 3 heteroatoms. The minimum Gasteiger partial charge on any atom is -0.353 e. The van der Waals surface area contributed by atoms with Gasteiger partial charge in [-0.25, -0.2) is 0 Å². The van der Waals surface area contributed by atoms with Crippen molar-refractivity contribution in [1.29, 1.82) is 0 Å². The molecule has 0 spiro atoms. The number of nitrogens with two attached hydrogens (primary N) is 1. The van der Waals surface area contributed by atoms with Gasteiger partial charge in [0.1, 0.15) is 0 Å². The van der Waals surface area contributed by atoms with Crippen LogP contribution in [0.2, 0.25) is 0 Å². The van der Waals surface area contributed by atoms with Crippen LogP contribution < -0.4 is 5.73 Å². The zero-order chi connectivity index (χ0) is 14.8. The monoisotopic (exact) mass is 273 g/mol. The summed E-state index contributed by atoms with van der Waals surface area (Å²) in [5.74, 6) is -0.452. The smallest absolute Gasteiger partial charge is 0.172 e. The van der Waals surface area contributed by atoms with Crippen LogP contribution >= 0.6 is 0 Å². The fourth-order valence-corrected chi connectivity index (χ4v) is 2.66. The number of hydrogen-bond acceptors (Lipinski definition) is 3. The van der Waals surface area contributed by atoms with Crippen molar-refractivity contribution in [1.82, 2.24) is 0 Å². The minimum atomic E-state index is -0.452. The quantitative estimate of drug-likeness (QED) is 0.455. The predicted molar refractivity (Wildman–Crippen MR) is 82.2 cm³/mol. The summed E-state index contributed by atoms with van der Waals surface area (Å²) in [4.78, 5) is 0. The van der Waals surface area contributed by atoms with E-state index < -0.39 is 5.79 Å². The molecule has 0 heterocycles. The van der Waals surface area contributed by atoms with Gasteiger partial charge in [-0.1, -0.05) is 52.9 Å². The first-order valence-electron chi connectivity index (χ1n) is 7.74. The molecule has 2 N–H and O–H groups in total. The molecule has 0 saturated carbocycles. The van der Waals surface area contributed by atoms with Crippen LogP contribution in [0.5, 0.6) is 0 Å². The van der Waals surface area contributed by atoms with Crippen LogP contribution in [0.15, 0.2) is 0 Å². The van der Waals surface area contributed by atoms with E-state index in [0.717, 1.165) is 19.4 Å². The van der Waals surface area contributed by atoms with Crippen LogP contribution in [0.3, 0.4) is 0 Å². The first kappa shape index (κ1) is 18.9. The van der Waals surface area contributed by atoms with E-state index in [0.29, 0.717) is 0 Å². The van der Waals surface area contributed by atoms with Crippen molar-refractivity contribution in [2.45, 2.75) is 77.9 Å². The Morgan fingerprint density at radius 1 is 0.737 bits per heavy atom. The van der Waals surface area contributed by atoms with Gasteiger partial charge in [0.15, 0.2) is 5.79 Å². The Hall–Kier alpha value is -0.120. The summed E-state index contributed by atoms with van der Waals surface area (Å²) in [7, 11) is 3.50. The van der Waals surface area contributed by atoms with Gasteiger partial charge < -0.3 is 15.2 Å². The minimum absolute atomic E-state index is 0.00236. The van der Waals surface area contributed by atoms with Crippen LogP contribution in [-0.4, -0.2) is 26.6 Å². The fraction of sp³-hybridized carbons (Fsp3) is 1.00. The molecule has 0 aliphatic rings. The van der Waals surface area contributed by atoms with Crippen LogP contribution in [0.1, 0.15) is 72.1 Å². The third kappa shape index (κ3) is 6.73. The maximum absolute atomic E-state index is 5.68. The zero-order valence-electron chi connectivity index (χ0n) is 13.8. The molecule has 0 bridgehead atoms. The number of rotatable bonds is 11. The molecule has 0 aliphatic carbocycles. The number of unbranched alkanes of at least 4 members (excludes halogenated alkanes) is 6. The van der Waals surface area contributed by atoms with Crippen molar-refractivity contribution in [3.05, 3.63) is 0 Å². The van der Waals surface area contributed by atoms with E-state index in [1.165, 1.54) is 38.5 Å². The van der Waals surface area contributed by atoms with Crippen molar-refractivity contribution in [2.75, 3.05) is 20.8 Å². The molecule has 0 radical (unpaired) electrons. The second kappa shape index (κ2) is 9.73. The first-order chi connectivity index (χ1) is 8.93. The highest BCUT2D eigenvalue weighted by molar-refractivity contribution is 4.83. The van der Waals surface area contributed by atoms with E-state index >= 15 is 0 Å². The molecular weight excluding hydrogens is 238 g/mol. The molecule has 0 aromatic rings. The summed E-state index contributed by atoms with van der Waals surface area (Å²) >= 11 is 0. The normalized spacial score (nSPS) is 12.9. The van der Waals surface area contributed by atoms with Gasteiger partial charge in [0.05, 0.1) is 0 Å². The Morgan fingerprint density at radius 2 is 1.16 bits per heavy atom. The Kier molecular flexibility index (Phi) is 9.67. The van der Waals surface area contributed by atoms with Crippen molar-refractivity contribution < 1.29 is 9.47 Å². The van der Waals surface area contributed by atoms with Crippen molar-refractivity contribution in [3.8, 4) is 0 Å². The lowest BCUT2D eigenvalue weighted by Gasteiger charge is -2.42. The van der Waals surface area contributed by atoms with Crippen molar-refractivity contribution >= 4 is 0 Å². The lowest BCUT2D eigenvalue weighted by atomic mass is 9.82. The summed E-state index contributed by atoms with van der Waals surface area (Å²) in [6, 6.07) is 0. The lowest BCUT2D eigenvalue weighted by Crippen LogP contribution is -2.46. The topological polar surface area (TPSA) is 44.5 Å². The highest BCUT2D eigenvalue weighted by atomic mass is 16.7. The molecule has 0 rings (SSSR count). The van der Waals surface area contributed by atoms with Gasteiger partial charge in [-0.05, 0) is 19.4 Å². The van der Waals surface area contributed by atoms with E-state index in [9.17, 15) is 0 Å². The van der Waals surface area contributed by atoms with Gasteiger partial charge in [0, 0.05) is 26.1 Å². The van der Waals surface area contributed by atoms with Gasteiger partial charge >= 0.3 is 0 Å². The van der Waals surface area contributed by atoms with E-state index in [4.69, 9.17) is 15.2 Å². The predicted octanol–water partition coefficient (Wildman–Crippen LogP) is 4.10. The SMILES string of the molecule is COC(CCCCCCCCCN)(OC)C(C)(C)C. The van der Waals surface area contributed by atoms with Crippen LogP contribution in [0, 0.1) is 5.41 Å².